The lowest BCUT2D eigenvalue weighted by atomic mass is 10.00. The number of nitrogens with zero attached hydrogens (tertiary/aromatic N) is 1. The molecule has 19 heavy (non-hydrogen) atoms. The van der Waals surface area contributed by atoms with Crippen molar-refractivity contribution in [3.63, 3.8) is 0 Å². The number of ether oxygens (including phenoxy) is 5. The number of rotatable bonds is 1. The molecule has 3 saturated heterocycles. The molecule has 3 heterocycles. The van der Waals surface area contributed by atoms with Crippen LogP contribution in [0.5, 0.6) is 0 Å². The van der Waals surface area contributed by atoms with Crippen molar-refractivity contribution < 1.29 is 28.9 Å². The quantitative estimate of drug-likeness (QED) is 0.433. The largest absolute Gasteiger partial charge is 0.411 e. The molecule has 7 nitrogen and oxygen atoms in total. The van der Waals surface area contributed by atoms with E-state index >= 15 is 0 Å². The maximum Gasteiger partial charge on any atom is 0.190 e. The minimum atomic E-state index is -0.735. The molecule has 3 rings (SSSR count). The van der Waals surface area contributed by atoms with Crippen molar-refractivity contribution in [1.29, 1.82) is 0 Å². The first-order chi connectivity index (χ1) is 8.81. The van der Waals surface area contributed by atoms with E-state index in [1.165, 1.54) is 6.21 Å². The van der Waals surface area contributed by atoms with Crippen molar-refractivity contribution in [2.24, 2.45) is 5.16 Å². The van der Waals surface area contributed by atoms with E-state index in [1.807, 2.05) is 27.7 Å². The van der Waals surface area contributed by atoms with Crippen LogP contribution in [-0.4, -0.2) is 53.7 Å². The second-order valence-corrected chi connectivity index (χ2v) is 5.90. The van der Waals surface area contributed by atoms with Gasteiger partial charge >= 0.3 is 0 Å². The molecule has 0 aromatic carbocycles. The van der Waals surface area contributed by atoms with Gasteiger partial charge in [-0.15, -0.1) is 0 Å². The van der Waals surface area contributed by atoms with Crippen LogP contribution in [-0.2, 0) is 23.7 Å². The second-order valence-electron chi connectivity index (χ2n) is 5.90. The first kappa shape index (κ1) is 13.3. The van der Waals surface area contributed by atoms with E-state index in [-0.39, 0.29) is 18.3 Å². The summed E-state index contributed by atoms with van der Waals surface area (Å²) >= 11 is 0. The SMILES string of the molecule is CC1(C)O[C@@H]2O[C@@H](C=NO)[C@H]3OC(C)(C)O[C@H]3[C@@H]2O1. The zero-order valence-corrected chi connectivity index (χ0v) is 11.4. The molecule has 0 spiro atoms. The maximum atomic E-state index is 8.73. The molecule has 3 fully saturated rings. The normalized spacial score (nSPS) is 47.3. The Morgan fingerprint density at radius 2 is 1.47 bits per heavy atom. The number of hydrogen-bond acceptors (Lipinski definition) is 7. The van der Waals surface area contributed by atoms with E-state index < -0.39 is 24.0 Å². The molecule has 0 saturated carbocycles. The zero-order chi connectivity index (χ0) is 13.8. The van der Waals surface area contributed by atoms with E-state index in [0.717, 1.165) is 0 Å². The third-order valence-corrected chi connectivity index (χ3v) is 3.40. The molecule has 5 atom stereocenters. The fourth-order valence-electron chi connectivity index (χ4n) is 2.83. The van der Waals surface area contributed by atoms with E-state index in [4.69, 9.17) is 28.9 Å². The summed E-state index contributed by atoms with van der Waals surface area (Å²) in [4.78, 5) is 0. The average molecular weight is 273 g/mol. The molecular formula is C12H19NO6. The zero-order valence-electron chi connectivity index (χ0n) is 11.4. The highest BCUT2D eigenvalue weighted by Crippen LogP contribution is 2.43. The van der Waals surface area contributed by atoms with Gasteiger partial charge in [-0.25, -0.2) is 0 Å². The fourth-order valence-corrected chi connectivity index (χ4v) is 2.83. The van der Waals surface area contributed by atoms with Gasteiger partial charge in [-0.05, 0) is 27.7 Å². The van der Waals surface area contributed by atoms with Gasteiger partial charge < -0.3 is 28.9 Å². The summed E-state index contributed by atoms with van der Waals surface area (Å²) in [6.07, 6.45) is -0.867. The van der Waals surface area contributed by atoms with Gasteiger partial charge in [0.2, 0.25) is 0 Å². The van der Waals surface area contributed by atoms with Gasteiger partial charge in [0.1, 0.15) is 24.4 Å². The molecule has 108 valence electrons. The predicted molar refractivity (Wildman–Crippen MR) is 62.8 cm³/mol. The van der Waals surface area contributed by atoms with Gasteiger partial charge in [-0.1, -0.05) is 5.16 Å². The van der Waals surface area contributed by atoms with E-state index in [9.17, 15) is 0 Å². The van der Waals surface area contributed by atoms with Crippen LogP contribution in [0.15, 0.2) is 5.16 Å². The summed E-state index contributed by atoms with van der Waals surface area (Å²) in [7, 11) is 0. The Hall–Kier alpha value is -0.730. The van der Waals surface area contributed by atoms with Crippen molar-refractivity contribution in [2.75, 3.05) is 0 Å². The summed E-state index contributed by atoms with van der Waals surface area (Å²) in [5, 5.41) is 11.8. The summed E-state index contributed by atoms with van der Waals surface area (Å²) in [6, 6.07) is 0. The molecule has 3 aliphatic rings. The minimum Gasteiger partial charge on any atom is -0.411 e. The monoisotopic (exact) mass is 273 g/mol. The fraction of sp³-hybridized carbons (Fsp3) is 0.917. The Balaban J connectivity index is 1.88. The van der Waals surface area contributed by atoms with Gasteiger partial charge in [0.15, 0.2) is 17.9 Å². The topological polar surface area (TPSA) is 78.7 Å². The molecule has 0 radical (unpaired) electrons. The Bertz CT molecular complexity index is 396. The van der Waals surface area contributed by atoms with Crippen molar-refractivity contribution in [3.8, 4) is 0 Å². The van der Waals surface area contributed by atoms with Gasteiger partial charge in [0, 0.05) is 0 Å². The molecule has 1 N–H and O–H groups in total. The van der Waals surface area contributed by atoms with Crippen molar-refractivity contribution in [1.82, 2.24) is 0 Å². The van der Waals surface area contributed by atoms with Crippen LogP contribution in [0.2, 0.25) is 0 Å². The number of oxime groups is 1. The van der Waals surface area contributed by atoms with Crippen LogP contribution in [0, 0.1) is 0 Å². The Morgan fingerprint density at radius 1 is 0.895 bits per heavy atom. The molecule has 0 aliphatic carbocycles. The van der Waals surface area contributed by atoms with Gasteiger partial charge in [-0.3, -0.25) is 0 Å². The lowest BCUT2D eigenvalue weighted by Gasteiger charge is -2.35. The van der Waals surface area contributed by atoms with Gasteiger partial charge in [0.25, 0.3) is 0 Å². The Morgan fingerprint density at radius 3 is 2.16 bits per heavy atom. The first-order valence-corrected chi connectivity index (χ1v) is 6.36. The average Bonchev–Trinajstić information content (AvgIpc) is 2.74. The lowest BCUT2D eigenvalue weighted by Crippen LogP contribution is -2.55. The van der Waals surface area contributed by atoms with E-state index in [1.54, 1.807) is 0 Å². The second kappa shape index (κ2) is 4.13. The van der Waals surface area contributed by atoms with Crippen LogP contribution in [0.1, 0.15) is 27.7 Å². The van der Waals surface area contributed by atoms with Crippen molar-refractivity contribution in [2.45, 2.75) is 70.0 Å². The van der Waals surface area contributed by atoms with Gasteiger partial charge in [0.05, 0.1) is 6.21 Å². The summed E-state index contributed by atoms with van der Waals surface area (Å²) in [5.41, 5.74) is 0. The number of hydrogen-bond donors (Lipinski definition) is 1. The highest BCUT2D eigenvalue weighted by atomic mass is 16.9. The van der Waals surface area contributed by atoms with Crippen LogP contribution >= 0.6 is 0 Å². The lowest BCUT2D eigenvalue weighted by molar-refractivity contribution is -0.217. The molecule has 7 heteroatoms. The molecule has 0 aromatic heterocycles. The van der Waals surface area contributed by atoms with Crippen LogP contribution < -0.4 is 0 Å². The third-order valence-electron chi connectivity index (χ3n) is 3.40. The molecular weight excluding hydrogens is 254 g/mol. The van der Waals surface area contributed by atoms with Crippen molar-refractivity contribution >= 4 is 6.21 Å². The molecule has 0 aromatic rings. The van der Waals surface area contributed by atoms with E-state index in [0.29, 0.717) is 0 Å². The highest BCUT2D eigenvalue weighted by Gasteiger charge is 2.60. The van der Waals surface area contributed by atoms with E-state index in [2.05, 4.69) is 5.16 Å². The standard InChI is InChI=1S/C12H19NO6/c1-11(2)16-7-6(5-13-14)15-10-9(8(7)17-11)18-12(3,4)19-10/h5-10,14H,1-4H3/t6-,7+,8+,9-,10-/m0/s1. The molecule has 0 bridgehead atoms. The first-order valence-electron chi connectivity index (χ1n) is 6.36. The molecule has 0 amide bonds. The predicted octanol–water partition coefficient (Wildman–Crippen LogP) is 0.843. The maximum absolute atomic E-state index is 8.73. The van der Waals surface area contributed by atoms with Crippen LogP contribution in [0.4, 0.5) is 0 Å². The Kier molecular flexibility index (Phi) is 2.88. The van der Waals surface area contributed by atoms with Gasteiger partial charge in [-0.2, -0.15) is 0 Å². The number of fused-ring (bicyclic) bond motifs is 3. The summed E-state index contributed by atoms with van der Waals surface area (Å²) in [5.74, 6) is -1.47. The molecule has 3 aliphatic heterocycles. The van der Waals surface area contributed by atoms with Crippen LogP contribution in [0.3, 0.4) is 0 Å². The third kappa shape index (κ3) is 2.25. The van der Waals surface area contributed by atoms with Crippen LogP contribution in [0.25, 0.3) is 0 Å². The minimum absolute atomic E-state index is 0.321. The summed E-state index contributed by atoms with van der Waals surface area (Å²) < 4.78 is 28.9. The molecule has 0 unspecified atom stereocenters. The van der Waals surface area contributed by atoms with Crippen molar-refractivity contribution in [3.05, 3.63) is 0 Å². The smallest absolute Gasteiger partial charge is 0.190 e. The Labute approximate surface area is 111 Å². The highest BCUT2D eigenvalue weighted by molar-refractivity contribution is 5.64. The summed E-state index contributed by atoms with van der Waals surface area (Å²) in [6.45, 7) is 7.29.